The Balaban J connectivity index is 3.14. The molecule has 1 atom stereocenters. The molecule has 0 aliphatic heterocycles. The predicted octanol–water partition coefficient (Wildman–Crippen LogP) is 0.387. The largest absolute Gasteiger partial charge is 0.399 e. The molecule has 0 fully saturated rings. The Hall–Kier alpha value is -1.31. The van der Waals surface area contributed by atoms with Crippen LogP contribution in [0.4, 0.5) is 11.4 Å². The zero-order valence-corrected chi connectivity index (χ0v) is 11.6. The van der Waals surface area contributed by atoms with Gasteiger partial charge in [0.25, 0.3) is 0 Å². The Morgan fingerprint density at radius 3 is 2.50 bits per heavy atom. The summed E-state index contributed by atoms with van der Waals surface area (Å²) in [6, 6.07) is 4.62. The Bertz CT molecular complexity index is 516. The van der Waals surface area contributed by atoms with E-state index in [4.69, 9.17) is 15.6 Å². The van der Waals surface area contributed by atoms with E-state index >= 15 is 0 Å². The number of anilines is 2. The molecule has 1 rings (SSSR count). The van der Waals surface area contributed by atoms with Gasteiger partial charge >= 0.3 is 0 Å². The molecule has 0 aliphatic rings. The van der Waals surface area contributed by atoms with Crippen LogP contribution in [0.2, 0.25) is 0 Å². The number of ether oxygens (including phenoxy) is 1. The topological polar surface area (TPSA) is 98.7 Å². The van der Waals surface area contributed by atoms with Gasteiger partial charge in [-0.2, -0.15) is 0 Å². The molecule has 0 aromatic heterocycles. The molecule has 0 heterocycles. The smallest absolute Gasteiger partial charge is 0.238 e. The molecule has 0 amide bonds. The third-order valence-corrected chi connectivity index (χ3v) is 3.61. The van der Waals surface area contributed by atoms with Gasteiger partial charge < -0.3 is 15.4 Å². The number of nitrogen functional groups attached to an aromatic ring is 1. The summed E-state index contributed by atoms with van der Waals surface area (Å²) in [5.74, 6) is 0. The van der Waals surface area contributed by atoms with E-state index in [2.05, 4.69) is 0 Å². The highest BCUT2D eigenvalue weighted by atomic mass is 32.2. The van der Waals surface area contributed by atoms with Crippen LogP contribution < -0.4 is 15.8 Å². The van der Waals surface area contributed by atoms with E-state index in [1.807, 2.05) is 18.9 Å². The molecular weight excluding hydrogens is 254 g/mol. The summed E-state index contributed by atoms with van der Waals surface area (Å²) < 4.78 is 27.7. The summed E-state index contributed by atoms with van der Waals surface area (Å²) in [7, 11) is -0.308. The standard InChI is InChI=1S/C11H19N3O3S/c1-8(7-17-3)14(2)10-4-9(12)5-11(6-10)18(13,15)16/h4-6,8H,7,12H2,1-3H3,(H2,13,15,16). The first kappa shape index (κ1) is 14.7. The van der Waals surface area contributed by atoms with Crippen molar-refractivity contribution in [3.05, 3.63) is 18.2 Å². The van der Waals surface area contributed by atoms with Crippen molar-refractivity contribution >= 4 is 21.4 Å². The first-order chi connectivity index (χ1) is 8.25. The first-order valence-corrected chi connectivity index (χ1v) is 6.95. The Labute approximate surface area is 108 Å². The fourth-order valence-electron chi connectivity index (χ4n) is 1.58. The van der Waals surface area contributed by atoms with E-state index in [0.717, 1.165) is 0 Å². The molecular formula is C11H19N3O3S. The summed E-state index contributed by atoms with van der Waals surface area (Å²) in [4.78, 5) is 1.89. The van der Waals surface area contributed by atoms with Crippen LogP contribution in [0.5, 0.6) is 0 Å². The molecule has 1 unspecified atom stereocenters. The van der Waals surface area contributed by atoms with Gasteiger partial charge in [0.2, 0.25) is 10.0 Å². The van der Waals surface area contributed by atoms with Gasteiger partial charge in [-0.1, -0.05) is 0 Å². The molecule has 0 bridgehead atoms. The molecule has 0 aliphatic carbocycles. The highest BCUT2D eigenvalue weighted by Gasteiger charge is 2.15. The number of benzene rings is 1. The van der Waals surface area contributed by atoms with Crippen molar-refractivity contribution in [1.82, 2.24) is 0 Å². The first-order valence-electron chi connectivity index (χ1n) is 5.41. The second kappa shape index (κ2) is 5.55. The number of nitrogens with zero attached hydrogens (tertiary/aromatic N) is 1. The van der Waals surface area contributed by atoms with E-state index in [-0.39, 0.29) is 10.9 Å². The fraction of sp³-hybridized carbons (Fsp3) is 0.455. The summed E-state index contributed by atoms with van der Waals surface area (Å²) >= 11 is 0. The van der Waals surface area contributed by atoms with Gasteiger partial charge in [-0.05, 0) is 25.1 Å². The molecule has 7 heteroatoms. The number of methoxy groups -OCH3 is 1. The summed E-state index contributed by atoms with van der Waals surface area (Å²) in [5.41, 5.74) is 6.73. The Morgan fingerprint density at radius 1 is 1.39 bits per heavy atom. The number of primary sulfonamides is 1. The molecule has 4 N–H and O–H groups in total. The average Bonchev–Trinajstić information content (AvgIpc) is 2.26. The molecule has 102 valence electrons. The molecule has 18 heavy (non-hydrogen) atoms. The lowest BCUT2D eigenvalue weighted by atomic mass is 10.2. The number of nitrogens with two attached hydrogens (primary N) is 2. The molecule has 0 saturated heterocycles. The van der Waals surface area contributed by atoms with Crippen molar-refractivity contribution in [2.75, 3.05) is 31.4 Å². The maximum atomic E-state index is 11.3. The number of sulfonamides is 1. The van der Waals surface area contributed by atoms with Crippen molar-refractivity contribution < 1.29 is 13.2 Å². The molecule has 1 aromatic carbocycles. The lowest BCUT2D eigenvalue weighted by Gasteiger charge is -2.27. The van der Waals surface area contributed by atoms with Gasteiger partial charge in [0.15, 0.2) is 0 Å². The summed E-state index contributed by atoms with van der Waals surface area (Å²) in [5, 5.41) is 5.10. The lowest BCUT2D eigenvalue weighted by Crippen LogP contribution is -2.32. The highest BCUT2D eigenvalue weighted by molar-refractivity contribution is 7.89. The average molecular weight is 273 g/mol. The molecule has 6 nitrogen and oxygen atoms in total. The van der Waals surface area contributed by atoms with Crippen LogP contribution in [0.15, 0.2) is 23.1 Å². The van der Waals surface area contributed by atoms with Crippen LogP contribution in [0.3, 0.4) is 0 Å². The van der Waals surface area contributed by atoms with Crippen molar-refractivity contribution in [2.24, 2.45) is 5.14 Å². The van der Waals surface area contributed by atoms with Gasteiger partial charge in [0.05, 0.1) is 11.5 Å². The van der Waals surface area contributed by atoms with Gasteiger partial charge in [-0.15, -0.1) is 0 Å². The maximum absolute atomic E-state index is 11.3. The van der Waals surface area contributed by atoms with Gasteiger partial charge in [-0.3, -0.25) is 0 Å². The fourth-order valence-corrected chi connectivity index (χ4v) is 2.17. The number of hydrogen-bond donors (Lipinski definition) is 2. The van der Waals surface area contributed by atoms with E-state index in [0.29, 0.717) is 18.0 Å². The normalized spacial score (nSPS) is 13.3. The summed E-state index contributed by atoms with van der Waals surface area (Å²) in [6.07, 6.45) is 0. The van der Waals surface area contributed by atoms with Gasteiger partial charge in [-0.25, -0.2) is 13.6 Å². The predicted molar refractivity (Wildman–Crippen MR) is 72.0 cm³/mol. The molecule has 0 saturated carbocycles. The second-order valence-electron chi connectivity index (χ2n) is 4.22. The van der Waals surface area contributed by atoms with Gasteiger partial charge in [0, 0.05) is 31.6 Å². The van der Waals surface area contributed by atoms with Crippen LogP contribution in [0, 0.1) is 0 Å². The molecule has 0 radical (unpaired) electrons. The van der Waals surface area contributed by atoms with E-state index in [9.17, 15) is 8.42 Å². The minimum Gasteiger partial charge on any atom is -0.399 e. The summed E-state index contributed by atoms with van der Waals surface area (Å²) in [6.45, 7) is 2.49. The van der Waals surface area contributed by atoms with Crippen molar-refractivity contribution in [2.45, 2.75) is 17.9 Å². The number of rotatable bonds is 5. The third kappa shape index (κ3) is 3.59. The third-order valence-electron chi connectivity index (χ3n) is 2.72. The maximum Gasteiger partial charge on any atom is 0.238 e. The zero-order valence-electron chi connectivity index (χ0n) is 10.8. The van der Waals surface area contributed by atoms with E-state index in [1.54, 1.807) is 13.2 Å². The monoisotopic (exact) mass is 273 g/mol. The van der Waals surface area contributed by atoms with Crippen LogP contribution in [-0.2, 0) is 14.8 Å². The van der Waals surface area contributed by atoms with Crippen molar-refractivity contribution in [1.29, 1.82) is 0 Å². The van der Waals surface area contributed by atoms with E-state index < -0.39 is 10.0 Å². The minimum absolute atomic E-state index is 0.00830. The number of hydrogen-bond acceptors (Lipinski definition) is 5. The number of likely N-dealkylation sites (N-methyl/N-ethyl adjacent to an activating group) is 1. The highest BCUT2D eigenvalue weighted by Crippen LogP contribution is 2.23. The van der Waals surface area contributed by atoms with Crippen LogP contribution in [0.1, 0.15) is 6.92 Å². The van der Waals surface area contributed by atoms with Crippen LogP contribution in [0.25, 0.3) is 0 Å². The molecule has 1 aromatic rings. The Morgan fingerprint density at radius 2 is 2.00 bits per heavy atom. The van der Waals surface area contributed by atoms with Crippen molar-refractivity contribution in [3.8, 4) is 0 Å². The minimum atomic E-state index is -3.76. The van der Waals surface area contributed by atoms with E-state index in [1.165, 1.54) is 12.1 Å². The molecule has 0 spiro atoms. The quantitative estimate of drug-likeness (QED) is 0.756. The zero-order chi connectivity index (χ0) is 13.9. The van der Waals surface area contributed by atoms with Crippen molar-refractivity contribution in [3.63, 3.8) is 0 Å². The van der Waals surface area contributed by atoms with Crippen LogP contribution >= 0.6 is 0 Å². The van der Waals surface area contributed by atoms with Crippen LogP contribution in [-0.4, -0.2) is 35.2 Å². The van der Waals surface area contributed by atoms with Gasteiger partial charge in [0.1, 0.15) is 0 Å². The Kier molecular flexibility index (Phi) is 4.55. The SMILES string of the molecule is COCC(C)N(C)c1cc(N)cc(S(N)(=O)=O)c1. The lowest BCUT2D eigenvalue weighted by molar-refractivity contribution is 0.183. The second-order valence-corrected chi connectivity index (χ2v) is 5.78.